The predicted molar refractivity (Wildman–Crippen MR) is 110 cm³/mol. The van der Waals surface area contributed by atoms with Crippen molar-refractivity contribution < 1.29 is 9.47 Å². The topological polar surface area (TPSA) is 70.7 Å². The number of nitrogens with zero attached hydrogens (tertiary/aromatic N) is 3. The van der Waals surface area contributed by atoms with Gasteiger partial charge in [-0.3, -0.25) is 9.78 Å². The Kier molecular flexibility index (Phi) is 5.81. The normalized spacial score (nSPS) is 20.2. The molecule has 3 heterocycles. The number of para-hydroxylation sites is 1. The van der Waals surface area contributed by atoms with Crippen LogP contribution in [-0.2, 0) is 11.2 Å². The van der Waals surface area contributed by atoms with E-state index in [-0.39, 0.29) is 11.6 Å². The van der Waals surface area contributed by atoms with Gasteiger partial charge in [-0.05, 0) is 37.3 Å². The largest absolute Gasteiger partial charge is 0.496 e. The van der Waals surface area contributed by atoms with Gasteiger partial charge in [0.25, 0.3) is 5.56 Å². The van der Waals surface area contributed by atoms with E-state index < -0.39 is 0 Å². The number of morpholine rings is 1. The lowest BCUT2D eigenvalue weighted by Crippen LogP contribution is -2.43. The number of ether oxygens (including phenoxy) is 2. The van der Waals surface area contributed by atoms with E-state index in [1.807, 2.05) is 18.2 Å². The minimum absolute atomic E-state index is 0.104. The van der Waals surface area contributed by atoms with Crippen molar-refractivity contribution in [1.29, 1.82) is 0 Å². The van der Waals surface area contributed by atoms with Gasteiger partial charge in [0.15, 0.2) is 0 Å². The standard InChI is InChI=1S/C21H28N4O3/c1-27-18-8-3-2-6-16(18)14-17-7-4-5-9-25(17)21-22-19(15-20(26)23-21)24-10-12-28-13-11-24/h2-3,6,8,15,17H,4-5,7,9-14H2,1H3,(H,22,23,26). The second-order valence-corrected chi connectivity index (χ2v) is 7.39. The Labute approximate surface area is 165 Å². The summed E-state index contributed by atoms with van der Waals surface area (Å²) < 4.78 is 11.0. The van der Waals surface area contributed by atoms with Crippen molar-refractivity contribution in [1.82, 2.24) is 9.97 Å². The Morgan fingerprint density at radius 3 is 2.86 bits per heavy atom. The van der Waals surface area contributed by atoms with E-state index in [4.69, 9.17) is 14.5 Å². The molecule has 0 amide bonds. The molecule has 7 heteroatoms. The fourth-order valence-corrected chi connectivity index (χ4v) is 4.14. The molecule has 1 N–H and O–H groups in total. The quantitative estimate of drug-likeness (QED) is 0.852. The third-order valence-electron chi connectivity index (χ3n) is 5.60. The molecule has 0 aliphatic carbocycles. The molecule has 0 spiro atoms. The van der Waals surface area contributed by atoms with Crippen LogP contribution in [0, 0.1) is 0 Å². The molecule has 0 radical (unpaired) electrons. The Balaban J connectivity index is 1.60. The smallest absolute Gasteiger partial charge is 0.254 e. The molecule has 2 aliphatic heterocycles. The van der Waals surface area contributed by atoms with Crippen LogP contribution < -0.4 is 20.1 Å². The van der Waals surface area contributed by atoms with Crippen LogP contribution in [0.1, 0.15) is 24.8 Å². The second kappa shape index (κ2) is 8.65. The average Bonchev–Trinajstić information content (AvgIpc) is 2.75. The van der Waals surface area contributed by atoms with Crippen molar-refractivity contribution in [2.24, 2.45) is 0 Å². The summed E-state index contributed by atoms with van der Waals surface area (Å²) in [4.78, 5) is 24.5. The summed E-state index contributed by atoms with van der Waals surface area (Å²) in [6.45, 7) is 3.77. The lowest BCUT2D eigenvalue weighted by atomic mass is 9.95. The number of piperidine rings is 1. The molecule has 1 aromatic heterocycles. The number of nitrogens with one attached hydrogen (secondary N) is 1. The fraction of sp³-hybridized carbons (Fsp3) is 0.524. The van der Waals surface area contributed by atoms with E-state index in [1.54, 1.807) is 13.2 Å². The van der Waals surface area contributed by atoms with Gasteiger partial charge < -0.3 is 19.3 Å². The van der Waals surface area contributed by atoms with Gasteiger partial charge >= 0.3 is 0 Å². The van der Waals surface area contributed by atoms with Crippen LogP contribution in [0.4, 0.5) is 11.8 Å². The van der Waals surface area contributed by atoms with Gasteiger partial charge in [0, 0.05) is 31.7 Å². The molecule has 28 heavy (non-hydrogen) atoms. The van der Waals surface area contributed by atoms with Gasteiger partial charge in [-0.15, -0.1) is 0 Å². The highest BCUT2D eigenvalue weighted by Gasteiger charge is 2.26. The van der Waals surface area contributed by atoms with E-state index >= 15 is 0 Å². The monoisotopic (exact) mass is 384 g/mol. The molecule has 2 aliphatic rings. The molecule has 0 saturated carbocycles. The molecule has 4 rings (SSSR count). The molecule has 150 valence electrons. The van der Waals surface area contributed by atoms with Gasteiger partial charge in [0.05, 0.1) is 20.3 Å². The summed E-state index contributed by atoms with van der Waals surface area (Å²) in [6, 6.07) is 10.0. The van der Waals surface area contributed by atoms with E-state index in [1.165, 1.54) is 12.0 Å². The van der Waals surface area contributed by atoms with Crippen molar-refractivity contribution in [2.45, 2.75) is 31.7 Å². The van der Waals surface area contributed by atoms with Gasteiger partial charge in [-0.25, -0.2) is 0 Å². The Bertz CT molecular complexity index is 848. The summed E-state index contributed by atoms with van der Waals surface area (Å²) in [5.74, 6) is 2.33. The van der Waals surface area contributed by atoms with Crippen molar-refractivity contribution in [3.8, 4) is 5.75 Å². The molecule has 2 fully saturated rings. The number of aromatic nitrogens is 2. The highest BCUT2D eigenvalue weighted by Crippen LogP contribution is 2.28. The first-order chi connectivity index (χ1) is 13.7. The molecule has 1 aromatic carbocycles. The van der Waals surface area contributed by atoms with Gasteiger partial charge in [-0.1, -0.05) is 18.2 Å². The summed E-state index contributed by atoms with van der Waals surface area (Å²) in [5.41, 5.74) is 1.08. The average molecular weight is 384 g/mol. The maximum Gasteiger partial charge on any atom is 0.254 e. The van der Waals surface area contributed by atoms with Gasteiger partial charge in [0.2, 0.25) is 5.95 Å². The lowest BCUT2D eigenvalue weighted by molar-refractivity contribution is 0.122. The third kappa shape index (κ3) is 4.14. The summed E-state index contributed by atoms with van der Waals surface area (Å²) in [5, 5.41) is 0. The first kappa shape index (κ1) is 18.8. The summed E-state index contributed by atoms with van der Waals surface area (Å²) in [7, 11) is 1.71. The van der Waals surface area contributed by atoms with Crippen molar-refractivity contribution in [2.75, 3.05) is 49.8 Å². The Morgan fingerprint density at radius 2 is 2.04 bits per heavy atom. The van der Waals surface area contributed by atoms with E-state index in [0.29, 0.717) is 19.2 Å². The molecular weight excluding hydrogens is 356 g/mol. The molecular formula is C21H28N4O3. The maximum absolute atomic E-state index is 12.4. The van der Waals surface area contributed by atoms with Crippen LogP contribution in [0.5, 0.6) is 5.75 Å². The van der Waals surface area contributed by atoms with Crippen LogP contribution in [-0.4, -0.2) is 56.0 Å². The predicted octanol–water partition coefficient (Wildman–Crippen LogP) is 2.22. The van der Waals surface area contributed by atoms with Crippen LogP contribution >= 0.6 is 0 Å². The highest BCUT2D eigenvalue weighted by molar-refractivity contribution is 5.45. The van der Waals surface area contributed by atoms with Gasteiger partial charge in [-0.2, -0.15) is 4.98 Å². The van der Waals surface area contributed by atoms with Crippen LogP contribution in [0.2, 0.25) is 0 Å². The van der Waals surface area contributed by atoms with Crippen molar-refractivity contribution in [3.05, 3.63) is 46.2 Å². The number of methoxy groups -OCH3 is 1. The minimum Gasteiger partial charge on any atom is -0.496 e. The zero-order valence-electron chi connectivity index (χ0n) is 16.4. The molecule has 1 unspecified atom stereocenters. The van der Waals surface area contributed by atoms with Crippen LogP contribution in [0.25, 0.3) is 0 Å². The maximum atomic E-state index is 12.4. The summed E-state index contributed by atoms with van der Waals surface area (Å²) in [6.07, 6.45) is 4.23. The lowest BCUT2D eigenvalue weighted by Gasteiger charge is -2.37. The second-order valence-electron chi connectivity index (χ2n) is 7.39. The van der Waals surface area contributed by atoms with Crippen molar-refractivity contribution in [3.63, 3.8) is 0 Å². The van der Waals surface area contributed by atoms with E-state index in [2.05, 4.69) is 20.9 Å². The zero-order chi connectivity index (χ0) is 19.3. The molecule has 2 saturated heterocycles. The number of anilines is 2. The highest BCUT2D eigenvalue weighted by atomic mass is 16.5. The number of benzene rings is 1. The van der Waals surface area contributed by atoms with Crippen LogP contribution in [0.3, 0.4) is 0 Å². The molecule has 1 atom stereocenters. The van der Waals surface area contributed by atoms with E-state index in [9.17, 15) is 4.79 Å². The molecule has 7 nitrogen and oxygen atoms in total. The number of hydrogen-bond donors (Lipinski definition) is 1. The molecule has 2 aromatic rings. The Morgan fingerprint density at radius 1 is 1.21 bits per heavy atom. The first-order valence-electron chi connectivity index (χ1n) is 10.1. The SMILES string of the molecule is COc1ccccc1CC1CCCCN1c1nc(N2CCOCC2)cc(=O)[nH]1. The first-order valence-corrected chi connectivity index (χ1v) is 10.1. The number of hydrogen-bond acceptors (Lipinski definition) is 6. The minimum atomic E-state index is -0.104. The van der Waals surface area contributed by atoms with Gasteiger partial charge in [0.1, 0.15) is 11.6 Å². The van der Waals surface area contributed by atoms with Crippen molar-refractivity contribution >= 4 is 11.8 Å². The Hall–Kier alpha value is -2.54. The molecule has 0 bridgehead atoms. The third-order valence-corrected chi connectivity index (χ3v) is 5.60. The zero-order valence-corrected chi connectivity index (χ0v) is 16.4. The summed E-state index contributed by atoms with van der Waals surface area (Å²) >= 11 is 0. The van der Waals surface area contributed by atoms with Crippen LogP contribution in [0.15, 0.2) is 35.1 Å². The number of aromatic amines is 1. The van der Waals surface area contributed by atoms with E-state index in [0.717, 1.165) is 50.5 Å². The number of H-pyrrole nitrogens is 1. The fourth-order valence-electron chi connectivity index (χ4n) is 4.14. The number of rotatable bonds is 5.